The number of benzene rings is 4. The molecule has 15 heteroatoms. The molecule has 2 amide bonds. The van der Waals surface area contributed by atoms with Gasteiger partial charge in [0.25, 0.3) is 22.9 Å². The van der Waals surface area contributed by atoms with E-state index < -0.39 is 5.60 Å². The lowest BCUT2D eigenvalue weighted by Gasteiger charge is -2.29. The third-order valence-corrected chi connectivity index (χ3v) is 12.4. The number of hydrogen-bond acceptors (Lipinski definition) is 11. The van der Waals surface area contributed by atoms with E-state index in [0.29, 0.717) is 69.8 Å². The summed E-state index contributed by atoms with van der Waals surface area (Å²) in [4.78, 5) is 65.2. The third-order valence-electron chi connectivity index (χ3n) is 12.4. The van der Waals surface area contributed by atoms with Gasteiger partial charge in [0.15, 0.2) is 0 Å². The van der Waals surface area contributed by atoms with Gasteiger partial charge in [-0.3, -0.25) is 28.3 Å². The van der Waals surface area contributed by atoms with Crippen LogP contribution in [0.25, 0.3) is 33.2 Å². The second kappa shape index (κ2) is 18.6. The van der Waals surface area contributed by atoms with Crippen molar-refractivity contribution < 1.29 is 24.2 Å². The number of nitrogens with zero attached hydrogens (tertiary/aromatic N) is 6. The van der Waals surface area contributed by atoms with Gasteiger partial charge in [0.2, 0.25) is 0 Å². The lowest BCUT2D eigenvalue weighted by atomic mass is 10.1. The Kier molecular flexibility index (Phi) is 12.5. The molecule has 0 bridgehead atoms. The molecule has 6 aromatic rings. The Morgan fingerprint density at radius 3 is 1.78 bits per heavy atom. The molecule has 4 aromatic carbocycles. The van der Waals surface area contributed by atoms with E-state index in [2.05, 4.69) is 30.4 Å². The van der Waals surface area contributed by atoms with E-state index in [1.165, 1.54) is 15.5 Å². The molecule has 10 rings (SSSR count). The highest BCUT2D eigenvalue weighted by molar-refractivity contribution is 5.96. The van der Waals surface area contributed by atoms with Gasteiger partial charge in [0.1, 0.15) is 30.6 Å². The number of rotatable bonds is 12. The number of aromatic nitrogens is 4. The van der Waals surface area contributed by atoms with Crippen LogP contribution >= 0.6 is 0 Å². The first-order valence-electron chi connectivity index (χ1n) is 22.7. The van der Waals surface area contributed by atoms with Crippen molar-refractivity contribution in [1.82, 2.24) is 34.6 Å². The first-order valence-corrected chi connectivity index (χ1v) is 22.7. The van der Waals surface area contributed by atoms with Gasteiger partial charge in [-0.05, 0) is 144 Å². The molecule has 3 N–H and O–H groups in total. The predicted molar refractivity (Wildman–Crippen MR) is 250 cm³/mol. The minimum Gasteiger partial charge on any atom is -0.491 e. The minimum absolute atomic E-state index is 0.102. The van der Waals surface area contributed by atoms with Crippen molar-refractivity contribution in [2.75, 3.05) is 57.4 Å². The second-order valence-corrected chi connectivity index (χ2v) is 18.1. The Balaban J connectivity index is 0.000000166. The maximum absolute atomic E-state index is 13.4. The number of morpholine rings is 1. The fourth-order valence-electron chi connectivity index (χ4n) is 8.38. The van der Waals surface area contributed by atoms with Crippen LogP contribution in [0.15, 0.2) is 95.0 Å². The van der Waals surface area contributed by atoms with Gasteiger partial charge in [-0.2, -0.15) is 0 Å². The molecule has 0 spiro atoms. The lowest BCUT2D eigenvalue weighted by molar-refractivity contribution is -0.0127. The van der Waals surface area contributed by atoms with Crippen molar-refractivity contribution >= 4 is 39.3 Å². The zero-order chi connectivity index (χ0) is 45.2. The molecule has 1 unspecified atom stereocenters. The van der Waals surface area contributed by atoms with Gasteiger partial charge in [-0.15, -0.1) is 0 Å². The maximum Gasteiger partial charge on any atom is 0.265 e. The molecule has 65 heavy (non-hydrogen) atoms. The van der Waals surface area contributed by atoms with Crippen molar-refractivity contribution in [3.05, 3.63) is 128 Å². The lowest BCUT2D eigenvalue weighted by Crippen LogP contribution is -2.44. The van der Waals surface area contributed by atoms with Crippen LogP contribution in [0, 0.1) is 13.8 Å². The summed E-state index contributed by atoms with van der Waals surface area (Å²) in [5.41, 5.74) is 4.97. The number of aliphatic hydroxyl groups is 1. The molecule has 4 aliphatic rings. The van der Waals surface area contributed by atoms with Crippen molar-refractivity contribution in [3.8, 4) is 17.1 Å². The van der Waals surface area contributed by atoms with E-state index in [1.807, 2.05) is 44.2 Å². The minimum atomic E-state index is -0.993. The highest BCUT2D eigenvalue weighted by Crippen LogP contribution is 2.25. The van der Waals surface area contributed by atoms with Crippen LogP contribution in [0.1, 0.15) is 77.3 Å². The summed E-state index contributed by atoms with van der Waals surface area (Å²) in [5.74, 6) is 0.271. The van der Waals surface area contributed by atoms with Gasteiger partial charge >= 0.3 is 0 Å². The van der Waals surface area contributed by atoms with Crippen molar-refractivity contribution in [2.24, 2.45) is 0 Å². The van der Waals surface area contributed by atoms with Crippen LogP contribution in [0.2, 0.25) is 0 Å². The fraction of sp³-hybridized carbons (Fsp3) is 0.400. The van der Waals surface area contributed by atoms with Gasteiger partial charge in [-0.25, -0.2) is 9.97 Å². The van der Waals surface area contributed by atoms with Crippen LogP contribution < -0.4 is 31.4 Å². The summed E-state index contributed by atoms with van der Waals surface area (Å²) in [6.45, 7) is 11.3. The van der Waals surface area contributed by atoms with Crippen LogP contribution in [0.4, 0.5) is 5.69 Å². The summed E-state index contributed by atoms with van der Waals surface area (Å²) in [6, 6.07) is 22.3. The maximum atomic E-state index is 13.4. The first-order chi connectivity index (χ1) is 31.4. The number of aryl methyl sites for hydroxylation is 2. The van der Waals surface area contributed by atoms with Gasteiger partial charge in [0.05, 0.1) is 46.4 Å². The van der Waals surface area contributed by atoms with Crippen LogP contribution in [-0.4, -0.2) is 111 Å². The summed E-state index contributed by atoms with van der Waals surface area (Å²) in [7, 11) is 0. The quantitative estimate of drug-likeness (QED) is 0.147. The van der Waals surface area contributed by atoms with E-state index in [-0.39, 0.29) is 41.6 Å². The number of fused-ring (bicyclic) bond motifs is 2. The number of amides is 2. The topological polar surface area (TPSA) is 173 Å². The summed E-state index contributed by atoms with van der Waals surface area (Å²) >= 11 is 0. The Morgan fingerprint density at radius 1 is 0.723 bits per heavy atom. The average Bonchev–Trinajstić information content (AvgIpc) is 4.26. The third kappa shape index (κ3) is 10.3. The fourth-order valence-corrected chi connectivity index (χ4v) is 8.38. The number of carbonyl (C=O) groups is 2. The van der Waals surface area contributed by atoms with Gasteiger partial charge < -0.3 is 35.0 Å². The molecular weight excluding hydrogens is 825 g/mol. The molecule has 2 aromatic heterocycles. The summed E-state index contributed by atoms with van der Waals surface area (Å²) in [5, 5.41) is 17.7. The number of β-amino-alcohol motifs (C(OH)–C–C–N with tert-alkyl or cyclic N) is 1. The van der Waals surface area contributed by atoms with E-state index >= 15 is 0 Å². The molecule has 2 aliphatic heterocycles. The smallest absolute Gasteiger partial charge is 0.265 e. The highest BCUT2D eigenvalue weighted by Gasteiger charge is 2.28. The summed E-state index contributed by atoms with van der Waals surface area (Å²) in [6.07, 6.45) is 9.45. The molecule has 4 fully saturated rings. The van der Waals surface area contributed by atoms with E-state index in [0.717, 1.165) is 81.5 Å². The number of carbonyl (C=O) groups excluding carboxylic acids is 2. The number of likely N-dealkylation sites (tertiary alicyclic amines) is 1. The highest BCUT2D eigenvalue weighted by atomic mass is 16.5. The van der Waals surface area contributed by atoms with Crippen LogP contribution in [0.5, 0.6) is 5.75 Å². The predicted octanol–water partition coefficient (Wildman–Crippen LogP) is 5.23. The Bertz CT molecular complexity index is 2870. The Morgan fingerprint density at radius 2 is 1.25 bits per heavy atom. The first kappa shape index (κ1) is 43.8. The number of nitrogens with one attached hydrogen (secondary N) is 2. The SMILES string of the molecule is Cc1ccc(C(=O)NC2CC2)cc1-n1cnc2ccc(N3CCOCC3)cc2c1=O.Cc1ccc(C(=O)NC2CC2)cc1-n1cnc2ccc(OCC(C)(O)CN3CCCC3)cc2c1=O. The molecule has 4 heterocycles. The normalized spacial score (nSPS) is 17.3. The standard InChI is InChI=1S/C27H32N4O4.C23H24N4O3/c1-18-5-6-19(25(32)29-20-7-8-20)13-24(18)31-17-28-23-10-9-21(14-22(23)26(31)33)35-16-27(2,34)15-30-11-3-4-12-30;1-15-2-3-16(22(28)25-17-4-5-17)12-21(15)27-14-24-20-7-6-18(13-19(20)23(27)29)26-8-10-30-11-9-26/h5-6,9-10,13-14,17,20,34H,3-4,7-8,11-12,15-16H2,1-2H3,(H,29,32);2-3,6-7,12-14,17H,4-5,8-11H2,1H3,(H,25,28). The van der Waals surface area contributed by atoms with Crippen LogP contribution in [0.3, 0.4) is 0 Å². The van der Waals surface area contributed by atoms with Gasteiger partial charge in [-0.1, -0.05) is 12.1 Å². The monoisotopic (exact) mass is 880 g/mol. The van der Waals surface area contributed by atoms with E-state index in [9.17, 15) is 24.3 Å². The van der Waals surface area contributed by atoms with Crippen molar-refractivity contribution in [2.45, 2.75) is 77.0 Å². The van der Waals surface area contributed by atoms with E-state index in [4.69, 9.17) is 9.47 Å². The molecule has 15 nitrogen and oxygen atoms in total. The number of hydrogen-bond donors (Lipinski definition) is 3. The van der Waals surface area contributed by atoms with Crippen molar-refractivity contribution in [1.29, 1.82) is 0 Å². The second-order valence-electron chi connectivity index (χ2n) is 18.1. The zero-order valence-electron chi connectivity index (χ0n) is 37.2. The molecule has 2 saturated carbocycles. The van der Waals surface area contributed by atoms with E-state index in [1.54, 1.807) is 55.7 Å². The Hall–Kier alpha value is -6.42. The zero-order valence-corrected chi connectivity index (χ0v) is 37.2. The molecular formula is C50H56N8O7. The van der Waals surface area contributed by atoms with Crippen LogP contribution in [-0.2, 0) is 4.74 Å². The molecule has 2 saturated heterocycles. The molecule has 338 valence electrons. The number of anilines is 1. The molecule has 1 atom stereocenters. The average molecular weight is 881 g/mol. The largest absolute Gasteiger partial charge is 0.491 e. The molecule has 2 aliphatic carbocycles. The summed E-state index contributed by atoms with van der Waals surface area (Å²) < 4.78 is 14.3. The van der Waals surface area contributed by atoms with Crippen molar-refractivity contribution in [3.63, 3.8) is 0 Å². The Labute approximate surface area is 377 Å². The molecule has 0 radical (unpaired) electrons. The number of ether oxygens (including phenoxy) is 2. The van der Waals surface area contributed by atoms with Gasteiger partial charge in [0, 0.05) is 48.5 Å².